The topological polar surface area (TPSA) is 52.6 Å². The van der Waals surface area contributed by atoms with Crippen molar-refractivity contribution in [2.24, 2.45) is 0 Å². The molecule has 1 amide bonds. The van der Waals surface area contributed by atoms with Crippen LogP contribution in [-0.4, -0.2) is 36.2 Å². The third-order valence-electron chi connectivity index (χ3n) is 3.52. The smallest absolute Gasteiger partial charge is 0.253 e. The summed E-state index contributed by atoms with van der Waals surface area (Å²) in [5, 5.41) is 12.5. The minimum absolute atomic E-state index is 0.113. The molecule has 1 aromatic carbocycles. The Morgan fingerprint density at radius 1 is 1.35 bits per heavy atom. The molecule has 2 rings (SSSR count). The Balaban J connectivity index is 2.20. The summed E-state index contributed by atoms with van der Waals surface area (Å²) in [5.41, 5.74) is 1.88. The van der Waals surface area contributed by atoms with Crippen molar-refractivity contribution in [3.8, 4) is 0 Å². The van der Waals surface area contributed by atoms with E-state index in [0.29, 0.717) is 5.56 Å². The van der Waals surface area contributed by atoms with Crippen LogP contribution in [0.2, 0.25) is 0 Å². The highest BCUT2D eigenvalue weighted by atomic mass is 16.3. The molecule has 1 aliphatic heterocycles. The molecule has 4 heteroatoms. The van der Waals surface area contributed by atoms with Crippen molar-refractivity contribution in [3.05, 3.63) is 29.3 Å². The van der Waals surface area contributed by atoms with Gasteiger partial charge in [0.15, 0.2) is 0 Å². The fourth-order valence-corrected chi connectivity index (χ4v) is 2.46. The van der Waals surface area contributed by atoms with Crippen LogP contribution in [-0.2, 0) is 0 Å². The van der Waals surface area contributed by atoms with Gasteiger partial charge < -0.3 is 15.3 Å². The van der Waals surface area contributed by atoms with E-state index in [0.717, 1.165) is 24.3 Å². The average Bonchev–Trinajstić information content (AvgIpc) is 2.88. The number of rotatable bonds is 4. The quantitative estimate of drug-likeness (QED) is 0.885. The van der Waals surface area contributed by atoms with Gasteiger partial charge in [0, 0.05) is 25.3 Å². The zero-order valence-corrected chi connectivity index (χ0v) is 12.6. The Labute approximate surface area is 120 Å². The molecule has 1 aliphatic rings. The van der Waals surface area contributed by atoms with Gasteiger partial charge in [0.05, 0.1) is 11.2 Å². The number of benzene rings is 1. The molecule has 0 saturated carbocycles. The summed E-state index contributed by atoms with van der Waals surface area (Å²) >= 11 is 0. The lowest BCUT2D eigenvalue weighted by Gasteiger charge is -2.23. The van der Waals surface area contributed by atoms with Crippen LogP contribution in [0.5, 0.6) is 0 Å². The van der Waals surface area contributed by atoms with E-state index in [1.165, 1.54) is 12.8 Å². The van der Waals surface area contributed by atoms with Gasteiger partial charge in [0.25, 0.3) is 5.91 Å². The molecule has 0 atom stereocenters. The fraction of sp³-hybridized carbons (Fsp3) is 0.562. The lowest BCUT2D eigenvalue weighted by atomic mass is 10.1. The Bertz CT molecular complexity index is 486. The van der Waals surface area contributed by atoms with Crippen molar-refractivity contribution in [2.75, 3.05) is 24.5 Å². The van der Waals surface area contributed by atoms with Crippen molar-refractivity contribution in [3.63, 3.8) is 0 Å². The highest BCUT2D eigenvalue weighted by Crippen LogP contribution is 2.25. The van der Waals surface area contributed by atoms with Crippen molar-refractivity contribution in [2.45, 2.75) is 39.2 Å². The van der Waals surface area contributed by atoms with E-state index in [-0.39, 0.29) is 12.5 Å². The Morgan fingerprint density at radius 3 is 2.60 bits per heavy atom. The summed E-state index contributed by atoms with van der Waals surface area (Å²) < 4.78 is 0. The predicted octanol–water partition coefficient (Wildman–Crippen LogP) is 2.10. The monoisotopic (exact) mass is 276 g/mol. The molecule has 1 fully saturated rings. The number of carbonyl (C=O) groups is 1. The molecule has 0 bridgehead atoms. The SMILES string of the molecule is Cc1ccc(N2CCCC2)c(C(=O)NCC(C)(C)O)c1. The van der Waals surface area contributed by atoms with E-state index in [4.69, 9.17) is 0 Å². The van der Waals surface area contributed by atoms with E-state index < -0.39 is 5.60 Å². The second-order valence-electron chi connectivity index (χ2n) is 6.21. The standard InChI is InChI=1S/C16H24N2O2/c1-12-6-7-14(18-8-4-5-9-18)13(10-12)15(19)17-11-16(2,3)20/h6-7,10,20H,4-5,8-9,11H2,1-3H3,(H,17,19). The molecule has 110 valence electrons. The van der Waals surface area contributed by atoms with Gasteiger partial charge in [0.2, 0.25) is 0 Å². The first-order valence-corrected chi connectivity index (χ1v) is 7.23. The number of aryl methyl sites for hydroxylation is 1. The third-order valence-corrected chi connectivity index (χ3v) is 3.52. The zero-order valence-electron chi connectivity index (χ0n) is 12.6. The van der Waals surface area contributed by atoms with Crippen molar-refractivity contribution in [1.82, 2.24) is 5.32 Å². The van der Waals surface area contributed by atoms with Gasteiger partial charge in [-0.15, -0.1) is 0 Å². The summed E-state index contributed by atoms with van der Waals surface area (Å²) in [5.74, 6) is -0.113. The molecule has 0 radical (unpaired) electrons. The van der Waals surface area contributed by atoms with Crippen molar-refractivity contribution in [1.29, 1.82) is 0 Å². The number of aliphatic hydroxyl groups is 1. The summed E-state index contributed by atoms with van der Waals surface area (Å²) in [6, 6.07) is 5.99. The molecule has 0 spiro atoms. The minimum atomic E-state index is -0.896. The van der Waals surface area contributed by atoms with Crippen LogP contribution in [0.15, 0.2) is 18.2 Å². The van der Waals surface area contributed by atoms with Crippen LogP contribution in [0, 0.1) is 6.92 Å². The Kier molecular flexibility index (Phi) is 4.33. The van der Waals surface area contributed by atoms with E-state index in [1.807, 2.05) is 25.1 Å². The molecule has 1 heterocycles. The fourth-order valence-electron chi connectivity index (χ4n) is 2.46. The second-order valence-corrected chi connectivity index (χ2v) is 6.21. The molecule has 0 unspecified atom stereocenters. The Hall–Kier alpha value is -1.55. The van der Waals surface area contributed by atoms with Crippen LogP contribution < -0.4 is 10.2 Å². The van der Waals surface area contributed by atoms with E-state index in [1.54, 1.807) is 13.8 Å². The largest absolute Gasteiger partial charge is 0.389 e. The van der Waals surface area contributed by atoms with E-state index in [9.17, 15) is 9.90 Å². The maximum atomic E-state index is 12.4. The van der Waals surface area contributed by atoms with Gasteiger partial charge in [-0.3, -0.25) is 4.79 Å². The van der Waals surface area contributed by atoms with Crippen LogP contribution in [0.3, 0.4) is 0 Å². The zero-order chi connectivity index (χ0) is 14.8. The first kappa shape index (κ1) is 14.9. The molecule has 0 aliphatic carbocycles. The highest BCUT2D eigenvalue weighted by Gasteiger charge is 2.21. The lowest BCUT2D eigenvalue weighted by molar-refractivity contribution is 0.0694. The van der Waals surface area contributed by atoms with Crippen LogP contribution in [0.25, 0.3) is 0 Å². The molecule has 4 nitrogen and oxygen atoms in total. The summed E-state index contributed by atoms with van der Waals surface area (Å²) in [7, 11) is 0. The molecule has 1 aromatic rings. The normalized spacial score (nSPS) is 15.5. The molecule has 1 saturated heterocycles. The maximum Gasteiger partial charge on any atom is 0.253 e. The minimum Gasteiger partial charge on any atom is -0.389 e. The van der Waals surface area contributed by atoms with Gasteiger partial charge in [-0.2, -0.15) is 0 Å². The van der Waals surface area contributed by atoms with E-state index in [2.05, 4.69) is 10.2 Å². The van der Waals surface area contributed by atoms with Crippen LogP contribution in [0.1, 0.15) is 42.6 Å². The molecular formula is C16H24N2O2. The van der Waals surface area contributed by atoms with Gasteiger partial charge in [-0.25, -0.2) is 0 Å². The van der Waals surface area contributed by atoms with Crippen molar-refractivity contribution >= 4 is 11.6 Å². The van der Waals surface area contributed by atoms with Gasteiger partial charge in [-0.05, 0) is 45.7 Å². The first-order valence-electron chi connectivity index (χ1n) is 7.23. The number of carbonyl (C=O) groups excluding carboxylic acids is 1. The molecule has 20 heavy (non-hydrogen) atoms. The van der Waals surface area contributed by atoms with Crippen LogP contribution >= 0.6 is 0 Å². The molecule has 0 aromatic heterocycles. The number of amides is 1. The average molecular weight is 276 g/mol. The van der Waals surface area contributed by atoms with Gasteiger partial charge in [-0.1, -0.05) is 11.6 Å². The number of nitrogens with zero attached hydrogens (tertiary/aromatic N) is 1. The number of hydrogen-bond donors (Lipinski definition) is 2. The number of anilines is 1. The predicted molar refractivity (Wildman–Crippen MR) is 81.3 cm³/mol. The maximum absolute atomic E-state index is 12.4. The summed E-state index contributed by atoms with van der Waals surface area (Å²) in [4.78, 5) is 14.6. The number of hydrogen-bond acceptors (Lipinski definition) is 3. The number of nitrogens with one attached hydrogen (secondary N) is 1. The van der Waals surface area contributed by atoms with Gasteiger partial charge in [0.1, 0.15) is 0 Å². The summed E-state index contributed by atoms with van der Waals surface area (Å²) in [6.45, 7) is 7.62. The first-order chi connectivity index (χ1) is 9.37. The van der Waals surface area contributed by atoms with Gasteiger partial charge >= 0.3 is 0 Å². The highest BCUT2D eigenvalue weighted by molar-refractivity contribution is 6.00. The second kappa shape index (κ2) is 5.83. The summed E-state index contributed by atoms with van der Waals surface area (Å²) in [6.07, 6.45) is 2.36. The van der Waals surface area contributed by atoms with E-state index >= 15 is 0 Å². The molecule has 2 N–H and O–H groups in total. The molecular weight excluding hydrogens is 252 g/mol. The third kappa shape index (κ3) is 3.73. The Morgan fingerprint density at radius 2 is 2.00 bits per heavy atom. The lowest BCUT2D eigenvalue weighted by Crippen LogP contribution is -2.38. The van der Waals surface area contributed by atoms with Crippen LogP contribution in [0.4, 0.5) is 5.69 Å². The van der Waals surface area contributed by atoms with Crippen molar-refractivity contribution < 1.29 is 9.90 Å².